The molecule has 2 aromatic heterocycles. The molecule has 0 radical (unpaired) electrons. The van der Waals surface area contributed by atoms with Crippen LogP contribution in [0.3, 0.4) is 0 Å². The summed E-state index contributed by atoms with van der Waals surface area (Å²) in [7, 11) is -3.58. The number of thiophene rings is 1. The zero-order chi connectivity index (χ0) is 24.0. The summed E-state index contributed by atoms with van der Waals surface area (Å²) in [5.74, 6) is -0.140. The van der Waals surface area contributed by atoms with Crippen molar-refractivity contribution in [2.24, 2.45) is 0 Å². The number of nitrogens with one attached hydrogen (secondary N) is 1. The van der Waals surface area contributed by atoms with E-state index in [1.165, 1.54) is 11.3 Å². The second kappa shape index (κ2) is 10.7. The number of ether oxygens (including phenoxy) is 1. The van der Waals surface area contributed by atoms with Gasteiger partial charge in [-0.3, -0.25) is 19.1 Å². The van der Waals surface area contributed by atoms with Crippen molar-refractivity contribution in [1.82, 2.24) is 10.1 Å². The summed E-state index contributed by atoms with van der Waals surface area (Å²) in [5.41, 5.74) is 1.37. The van der Waals surface area contributed by atoms with Crippen molar-refractivity contribution >= 4 is 41.2 Å². The van der Waals surface area contributed by atoms with Gasteiger partial charge in [0.1, 0.15) is 18.4 Å². The first-order chi connectivity index (χ1) is 16.4. The fourth-order valence-corrected chi connectivity index (χ4v) is 6.27. The second-order valence-corrected chi connectivity index (χ2v) is 10.9. The van der Waals surface area contributed by atoms with E-state index in [0.29, 0.717) is 16.3 Å². The normalized spacial score (nSPS) is 13.7. The Morgan fingerprint density at radius 2 is 1.91 bits per heavy atom. The van der Waals surface area contributed by atoms with Crippen LogP contribution in [-0.2, 0) is 26.9 Å². The van der Waals surface area contributed by atoms with Gasteiger partial charge in [0.05, 0.1) is 16.7 Å². The molecule has 174 valence electrons. The Kier molecular flexibility index (Phi) is 7.53. The number of esters is 1. The minimum Gasteiger partial charge on any atom is -0.458 e. The molecule has 2 atom stereocenters. The highest BCUT2D eigenvalue weighted by molar-refractivity contribution is 7.56. The lowest BCUT2D eigenvalue weighted by Crippen LogP contribution is -2.34. The van der Waals surface area contributed by atoms with Gasteiger partial charge in [0, 0.05) is 10.9 Å². The minimum absolute atomic E-state index is 0.0173. The predicted molar refractivity (Wildman–Crippen MR) is 132 cm³/mol. The summed E-state index contributed by atoms with van der Waals surface area (Å²) in [6.07, 6.45) is 2.48. The van der Waals surface area contributed by atoms with Crippen molar-refractivity contribution in [3.63, 3.8) is 0 Å². The Morgan fingerprint density at radius 3 is 2.65 bits per heavy atom. The van der Waals surface area contributed by atoms with E-state index in [9.17, 15) is 14.2 Å². The van der Waals surface area contributed by atoms with Crippen molar-refractivity contribution in [3.8, 4) is 5.75 Å². The van der Waals surface area contributed by atoms with Crippen molar-refractivity contribution in [3.05, 3.63) is 95.1 Å². The van der Waals surface area contributed by atoms with Crippen molar-refractivity contribution < 1.29 is 23.4 Å². The molecule has 4 aromatic rings. The molecule has 2 unspecified atom stereocenters. The maximum absolute atomic E-state index is 13.9. The second-order valence-electron chi connectivity index (χ2n) is 7.65. The lowest BCUT2D eigenvalue weighted by Gasteiger charge is -2.24. The Balaban J connectivity index is 1.52. The quantitative estimate of drug-likeness (QED) is 0.174. The minimum atomic E-state index is -3.58. The molecule has 0 aliphatic rings. The highest BCUT2D eigenvalue weighted by Crippen LogP contribution is 2.47. The number of carbonyl (C=O) groups is 2. The number of rotatable bonds is 10. The molecule has 0 fully saturated rings. The van der Waals surface area contributed by atoms with E-state index in [2.05, 4.69) is 10.1 Å². The molecule has 4 rings (SSSR count). The van der Waals surface area contributed by atoms with Crippen LogP contribution in [0.1, 0.15) is 27.9 Å². The van der Waals surface area contributed by atoms with Gasteiger partial charge in [-0.25, -0.2) is 5.09 Å². The maximum atomic E-state index is 13.9. The number of hydrogen-bond acceptors (Lipinski definition) is 7. The van der Waals surface area contributed by atoms with E-state index in [-0.39, 0.29) is 12.8 Å². The van der Waals surface area contributed by atoms with E-state index in [0.717, 1.165) is 21.9 Å². The summed E-state index contributed by atoms with van der Waals surface area (Å²) >= 11 is 1.39. The van der Waals surface area contributed by atoms with Gasteiger partial charge in [0.2, 0.25) is 0 Å². The first-order valence-electron chi connectivity index (χ1n) is 10.6. The third-order valence-electron chi connectivity index (χ3n) is 4.94. The summed E-state index contributed by atoms with van der Waals surface area (Å²) in [6, 6.07) is 20.7. The molecule has 0 aliphatic carbocycles. The van der Waals surface area contributed by atoms with Gasteiger partial charge in [-0.05, 0) is 60.3 Å². The number of hydrogen-bond donors (Lipinski definition) is 1. The van der Waals surface area contributed by atoms with Crippen LogP contribution in [-0.4, -0.2) is 23.3 Å². The molecule has 0 saturated heterocycles. The SMILES string of the molecule is CC(NP(=O)(Cc1ccc2sc(C=O)cc2c1)Oc1ccccc1)C(=O)OCc1ccccn1. The Morgan fingerprint density at radius 1 is 1.12 bits per heavy atom. The molecule has 0 bridgehead atoms. The maximum Gasteiger partial charge on any atom is 0.323 e. The molecule has 34 heavy (non-hydrogen) atoms. The van der Waals surface area contributed by atoms with Gasteiger partial charge in [0.15, 0.2) is 6.29 Å². The first-order valence-corrected chi connectivity index (χ1v) is 13.2. The Labute approximate surface area is 201 Å². The van der Waals surface area contributed by atoms with Crippen LogP contribution in [0.2, 0.25) is 0 Å². The number of nitrogens with zero attached hydrogens (tertiary/aromatic N) is 1. The van der Waals surface area contributed by atoms with Gasteiger partial charge in [0.25, 0.3) is 0 Å². The zero-order valence-electron chi connectivity index (χ0n) is 18.4. The van der Waals surface area contributed by atoms with E-state index in [4.69, 9.17) is 9.26 Å². The smallest absolute Gasteiger partial charge is 0.323 e. The number of benzene rings is 2. The number of pyridine rings is 1. The highest BCUT2D eigenvalue weighted by Gasteiger charge is 2.31. The molecule has 0 aliphatic heterocycles. The molecule has 2 heterocycles. The third-order valence-corrected chi connectivity index (χ3v) is 8.04. The standard InChI is InChI=1S/C25H23N2O5PS/c1-18(25(29)31-16-21-7-5-6-12-26-21)27-33(30,32-22-8-3-2-4-9-22)17-19-10-11-24-20(13-19)14-23(15-28)34-24/h2-15,18H,16-17H2,1H3,(H,27,30). The molecule has 2 aromatic carbocycles. The Bertz CT molecular complexity index is 1330. The Hall–Kier alpha value is -3.32. The fourth-order valence-electron chi connectivity index (χ4n) is 3.37. The van der Waals surface area contributed by atoms with E-state index < -0.39 is 19.5 Å². The van der Waals surface area contributed by atoms with E-state index in [1.54, 1.807) is 55.6 Å². The van der Waals surface area contributed by atoms with Crippen molar-refractivity contribution in [1.29, 1.82) is 0 Å². The molecular formula is C25H23N2O5PS. The van der Waals surface area contributed by atoms with E-state index in [1.807, 2.05) is 30.3 Å². The van der Waals surface area contributed by atoms with Gasteiger partial charge >= 0.3 is 13.5 Å². The number of fused-ring (bicyclic) bond motifs is 1. The monoisotopic (exact) mass is 494 g/mol. The van der Waals surface area contributed by atoms with Crippen molar-refractivity contribution in [2.45, 2.75) is 25.7 Å². The number of carbonyl (C=O) groups excluding carboxylic acids is 2. The summed E-state index contributed by atoms with van der Waals surface area (Å²) in [4.78, 5) is 28.5. The average molecular weight is 495 g/mol. The van der Waals surface area contributed by atoms with Crippen LogP contribution in [0.5, 0.6) is 5.75 Å². The third kappa shape index (κ3) is 6.17. The lowest BCUT2D eigenvalue weighted by molar-refractivity contribution is -0.146. The number of para-hydroxylation sites is 1. The lowest BCUT2D eigenvalue weighted by atomic mass is 10.2. The summed E-state index contributed by atoms with van der Waals surface area (Å²) in [5, 5.41) is 3.76. The summed E-state index contributed by atoms with van der Waals surface area (Å²) in [6.45, 7) is 1.60. The molecule has 9 heteroatoms. The van der Waals surface area contributed by atoms with Crippen LogP contribution < -0.4 is 9.61 Å². The predicted octanol–water partition coefficient (Wildman–Crippen LogP) is 5.60. The van der Waals surface area contributed by atoms with Crippen molar-refractivity contribution in [2.75, 3.05) is 0 Å². The van der Waals surface area contributed by atoms with Crippen LogP contribution >= 0.6 is 18.9 Å². The molecule has 0 saturated carbocycles. The summed E-state index contributed by atoms with van der Waals surface area (Å²) < 4.78 is 26.1. The topological polar surface area (TPSA) is 94.6 Å². The number of aromatic nitrogens is 1. The van der Waals surface area contributed by atoms with Crippen LogP contribution in [0, 0.1) is 0 Å². The molecule has 1 N–H and O–H groups in total. The number of aldehydes is 1. The van der Waals surface area contributed by atoms with Gasteiger partial charge in [-0.1, -0.05) is 30.3 Å². The van der Waals surface area contributed by atoms with Gasteiger partial charge < -0.3 is 9.26 Å². The first kappa shape index (κ1) is 23.8. The molecule has 7 nitrogen and oxygen atoms in total. The van der Waals surface area contributed by atoms with Crippen LogP contribution in [0.4, 0.5) is 0 Å². The fraction of sp³-hybridized carbons (Fsp3) is 0.160. The van der Waals surface area contributed by atoms with E-state index >= 15 is 0 Å². The average Bonchev–Trinajstić information content (AvgIpc) is 3.26. The van der Waals surface area contributed by atoms with Gasteiger partial charge in [-0.15, -0.1) is 11.3 Å². The highest BCUT2D eigenvalue weighted by atomic mass is 32.1. The largest absolute Gasteiger partial charge is 0.458 e. The van der Waals surface area contributed by atoms with Crippen LogP contribution in [0.25, 0.3) is 10.1 Å². The molecule has 0 spiro atoms. The van der Waals surface area contributed by atoms with Gasteiger partial charge in [-0.2, -0.15) is 0 Å². The van der Waals surface area contributed by atoms with Crippen LogP contribution in [0.15, 0.2) is 79.0 Å². The zero-order valence-corrected chi connectivity index (χ0v) is 20.1. The molecule has 0 amide bonds. The molecular weight excluding hydrogens is 471 g/mol.